The van der Waals surface area contributed by atoms with Gasteiger partial charge in [0.15, 0.2) is 0 Å². The normalized spacial score (nSPS) is 16.6. The van der Waals surface area contributed by atoms with Crippen LogP contribution in [0.2, 0.25) is 0 Å². The maximum atomic E-state index is 12.5. The number of nitrogens with zero attached hydrogens (tertiary/aromatic N) is 4. The Labute approximate surface area is 250 Å². The summed E-state index contributed by atoms with van der Waals surface area (Å²) >= 11 is 0. The van der Waals surface area contributed by atoms with Crippen molar-refractivity contribution < 1.29 is 9.53 Å². The van der Waals surface area contributed by atoms with Crippen LogP contribution in [0.15, 0.2) is 91.1 Å². The molecule has 0 bridgehead atoms. The van der Waals surface area contributed by atoms with Gasteiger partial charge in [-0.3, -0.25) is 0 Å². The van der Waals surface area contributed by atoms with E-state index in [1.807, 2.05) is 54.7 Å². The minimum Gasteiger partial charge on any atom is -0.445 e. The average Bonchev–Trinajstić information content (AvgIpc) is 3.51. The van der Waals surface area contributed by atoms with Gasteiger partial charge in [-0.05, 0) is 66.9 Å². The minimum absolute atomic E-state index is 0.261. The average molecular weight is 574 g/mol. The molecule has 9 nitrogen and oxygen atoms in total. The number of carbonyl (C=O) groups is 1. The van der Waals surface area contributed by atoms with Gasteiger partial charge in [-0.2, -0.15) is 4.98 Å². The number of amides is 1. The molecule has 1 unspecified atom stereocenters. The van der Waals surface area contributed by atoms with Crippen molar-refractivity contribution in [3.05, 3.63) is 102 Å². The maximum Gasteiger partial charge on any atom is 0.410 e. The van der Waals surface area contributed by atoms with Crippen molar-refractivity contribution in [2.75, 3.05) is 42.9 Å². The van der Waals surface area contributed by atoms with Gasteiger partial charge in [0.05, 0.1) is 5.69 Å². The molecular formula is C34H35N7O2. The lowest BCUT2D eigenvalue weighted by atomic mass is 9.96. The highest BCUT2D eigenvalue weighted by Gasteiger charge is 2.23. The molecule has 9 heteroatoms. The van der Waals surface area contributed by atoms with E-state index in [1.165, 1.54) is 12.0 Å². The molecule has 1 atom stereocenters. The van der Waals surface area contributed by atoms with Crippen molar-refractivity contribution in [2.24, 2.45) is 0 Å². The summed E-state index contributed by atoms with van der Waals surface area (Å²) in [5.74, 6) is 0.548. The molecule has 0 saturated carbocycles. The molecule has 2 fully saturated rings. The third-order valence-electron chi connectivity index (χ3n) is 8.26. The van der Waals surface area contributed by atoms with Crippen molar-refractivity contribution in [3.8, 4) is 11.3 Å². The van der Waals surface area contributed by atoms with E-state index in [4.69, 9.17) is 14.7 Å². The Kier molecular flexibility index (Phi) is 7.62. The van der Waals surface area contributed by atoms with Crippen molar-refractivity contribution in [2.45, 2.75) is 25.5 Å². The second-order valence-electron chi connectivity index (χ2n) is 11.2. The number of aromatic amines is 1. The number of rotatable bonds is 8. The molecule has 2 aromatic heterocycles. The van der Waals surface area contributed by atoms with Crippen molar-refractivity contribution in [3.63, 3.8) is 0 Å². The molecule has 2 saturated heterocycles. The predicted octanol–water partition coefficient (Wildman–Crippen LogP) is 5.73. The molecule has 0 radical (unpaired) electrons. The molecule has 1 amide bonds. The highest BCUT2D eigenvalue weighted by atomic mass is 16.6. The van der Waals surface area contributed by atoms with Crippen LogP contribution in [0.3, 0.4) is 0 Å². The molecule has 7 rings (SSSR count). The Hall–Kier alpha value is -4.89. The van der Waals surface area contributed by atoms with Gasteiger partial charge in [0.2, 0.25) is 5.95 Å². The van der Waals surface area contributed by atoms with Crippen molar-refractivity contribution >= 4 is 34.4 Å². The van der Waals surface area contributed by atoms with E-state index in [2.05, 4.69) is 56.9 Å². The summed E-state index contributed by atoms with van der Waals surface area (Å²) in [6.07, 6.45) is 3.91. The number of ether oxygens (including phenoxy) is 1. The van der Waals surface area contributed by atoms with Crippen LogP contribution in [0, 0.1) is 0 Å². The summed E-state index contributed by atoms with van der Waals surface area (Å²) < 4.78 is 5.51. The Balaban J connectivity index is 0.991. The molecule has 2 aliphatic heterocycles. The number of hydrogen-bond acceptors (Lipinski definition) is 7. The minimum atomic E-state index is -0.261. The second-order valence-corrected chi connectivity index (χ2v) is 11.2. The lowest BCUT2D eigenvalue weighted by Gasteiger charge is -2.35. The molecule has 3 aromatic carbocycles. The predicted molar refractivity (Wildman–Crippen MR) is 170 cm³/mol. The first-order valence-corrected chi connectivity index (χ1v) is 14.9. The summed E-state index contributed by atoms with van der Waals surface area (Å²) in [6.45, 7) is 4.15. The topological polar surface area (TPSA) is 98.4 Å². The van der Waals surface area contributed by atoms with E-state index >= 15 is 0 Å². The van der Waals surface area contributed by atoms with Gasteiger partial charge in [0, 0.05) is 60.7 Å². The quantitative estimate of drug-likeness (QED) is 0.218. The zero-order valence-electron chi connectivity index (χ0n) is 24.0. The number of aromatic nitrogens is 3. The molecule has 0 aliphatic carbocycles. The smallest absolute Gasteiger partial charge is 0.410 e. The monoisotopic (exact) mass is 573 g/mol. The lowest BCUT2D eigenvalue weighted by Crippen LogP contribution is -2.48. The highest BCUT2D eigenvalue weighted by Crippen LogP contribution is 2.29. The maximum absolute atomic E-state index is 12.5. The molecule has 0 spiro atoms. The van der Waals surface area contributed by atoms with Crippen LogP contribution < -0.4 is 15.5 Å². The number of piperazine rings is 1. The van der Waals surface area contributed by atoms with E-state index in [0.29, 0.717) is 31.7 Å². The SMILES string of the molecule is O=C(OCc1ccccc1)N1CCN(c2ccc(Nc3nc(-c4cccc(CC5CCN5)c4)c4cc[nH]c4n3)cc2)CC1. The van der Waals surface area contributed by atoms with Gasteiger partial charge in [-0.15, -0.1) is 0 Å². The Morgan fingerprint density at radius 1 is 0.907 bits per heavy atom. The van der Waals surface area contributed by atoms with Gasteiger partial charge in [-0.25, -0.2) is 9.78 Å². The lowest BCUT2D eigenvalue weighted by molar-refractivity contribution is 0.0942. The van der Waals surface area contributed by atoms with E-state index in [-0.39, 0.29) is 6.09 Å². The first-order chi connectivity index (χ1) is 21.2. The first kappa shape index (κ1) is 27.0. The fraction of sp³-hybridized carbons (Fsp3) is 0.265. The molecule has 4 heterocycles. The Bertz CT molecular complexity index is 1690. The van der Waals surface area contributed by atoms with Crippen LogP contribution in [0.5, 0.6) is 0 Å². The standard InChI is InChI=1S/C34H35N7O2/c42-34(43-23-24-5-2-1-3-6-24)41-19-17-40(18-20-41)29-11-9-27(10-12-29)37-33-38-31(30-14-16-36-32(30)39-33)26-8-4-7-25(21-26)22-28-13-15-35-28/h1-12,14,16,21,28,35H,13,15,17-20,22-23H2,(H2,36,37,38,39). The third kappa shape index (κ3) is 6.17. The molecule has 5 aromatic rings. The second kappa shape index (κ2) is 12.1. The van der Waals surface area contributed by atoms with Gasteiger partial charge >= 0.3 is 6.09 Å². The van der Waals surface area contributed by atoms with E-state index in [0.717, 1.165) is 65.3 Å². The van der Waals surface area contributed by atoms with E-state index < -0.39 is 0 Å². The summed E-state index contributed by atoms with van der Waals surface area (Å²) in [7, 11) is 0. The molecule has 43 heavy (non-hydrogen) atoms. The van der Waals surface area contributed by atoms with Gasteiger partial charge in [-0.1, -0.05) is 48.5 Å². The number of carbonyl (C=O) groups excluding carboxylic acids is 1. The zero-order chi connectivity index (χ0) is 29.0. The van der Waals surface area contributed by atoms with Crippen LogP contribution in [-0.2, 0) is 17.8 Å². The summed E-state index contributed by atoms with van der Waals surface area (Å²) in [6, 6.07) is 29.3. The fourth-order valence-corrected chi connectivity index (χ4v) is 5.71. The van der Waals surface area contributed by atoms with Gasteiger partial charge in [0.1, 0.15) is 12.3 Å². The summed E-state index contributed by atoms with van der Waals surface area (Å²) in [5, 5.41) is 7.89. The van der Waals surface area contributed by atoms with Gasteiger partial charge in [0.25, 0.3) is 0 Å². The molecular weight excluding hydrogens is 538 g/mol. The number of H-pyrrole nitrogens is 1. The molecule has 2 aliphatic rings. The van der Waals surface area contributed by atoms with Gasteiger partial charge < -0.3 is 30.2 Å². The number of fused-ring (bicyclic) bond motifs is 1. The summed E-state index contributed by atoms with van der Waals surface area (Å²) in [5.41, 5.74) is 7.13. The Morgan fingerprint density at radius 3 is 2.47 bits per heavy atom. The number of nitrogens with one attached hydrogen (secondary N) is 3. The van der Waals surface area contributed by atoms with Crippen LogP contribution in [-0.4, -0.2) is 64.7 Å². The van der Waals surface area contributed by atoms with E-state index in [1.54, 1.807) is 4.90 Å². The van der Waals surface area contributed by atoms with Crippen LogP contribution in [0.1, 0.15) is 17.5 Å². The largest absolute Gasteiger partial charge is 0.445 e. The molecule has 218 valence electrons. The van der Waals surface area contributed by atoms with Crippen molar-refractivity contribution in [1.82, 2.24) is 25.2 Å². The zero-order valence-corrected chi connectivity index (χ0v) is 24.0. The van der Waals surface area contributed by atoms with Crippen LogP contribution in [0.25, 0.3) is 22.3 Å². The fourth-order valence-electron chi connectivity index (χ4n) is 5.71. The highest BCUT2D eigenvalue weighted by molar-refractivity contribution is 5.92. The summed E-state index contributed by atoms with van der Waals surface area (Å²) in [4.78, 5) is 29.5. The van der Waals surface area contributed by atoms with Crippen LogP contribution in [0.4, 0.5) is 22.1 Å². The third-order valence-corrected chi connectivity index (χ3v) is 8.26. The number of hydrogen-bond donors (Lipinski definition) is 3. The number of anilines is 3. The van der Waals surface area contributed by atoms with E-state index in [9.17, 15) is 4.79 Å². The molecule has 3 N–H and O–H groups in total. The number of benzene rings is 3. The van der Waals surface area contributed by atoms with Crippen molar-refractivity contribution in [1.29, 1.82) is 0 Å². The van der Waals surface area contributed by atoms with Crippen LogP contribution >= 0.6 is 0 Å². The first-order valence-electron chi connectivity index (χ1n) is 14.9. The Morgan fingerprint density at radius 2 is 1.70 bits per heavy atom.